The van der Waals surface area contributed by atoms with Gasteiger partial charge in [0.1, 0.15) is 5.82 Å². The predicted molar refractivity (Wildman–Crippen MR) is 112 cm³/mol. The lowest BCUT2D eigenvalue weighted by atomic mass is 10.0. The van der Waals surface area contributed by atoms with E-state index in [0.717, 1.165) is 4.47 Å². The molecule has 0 atom stereocenters. The SMILES string of the molecule is Cc1cc(F)ccc1NC(=O)c1cc(-c2ccccn2)nc2ccc(Br)cc12. The van der Waals surface area contributed by atoms with Crippen LogP contribution in [0.4, 0.5) is 10.1 Å². The number of carbonyl (C=O) groups excluding carboxylic acids is 1. The number of aromatic nitrogens is 2. The third kappa shape index (κ3) is 3.64. The van der Waals surface area contributed by atoms with Crippen LogP contribution in [0.25, 0.3) is 22.3 Å². The van der Waals surface area contributed by atoms with E-state index in [2.05, 4.69) is 31.2 Å². The van der Waals surface area contributed by atoms with Gasteiger partial charge in [0.05, 0.1) is 22.5 Å². The number of anilines is 1. The topological polar surface area (TPSA) is 54.9 Å². The first kappa shape index (κ1) is 18.3. The fraction of sp³-hybridized carbons (Fsp3) is 0.0455. The summed E-state index contributed by atoms with van der Waals surface area (Å²) in [6.07, 6.45) is 1.68. The molecule has 2 aromatic heterocycles. The number of pyridine rings is 2. The lowest BCUT2D eigenvalue weighted by Gasteiger charge is -2.12. The Hall–Kier alpha value is -3.12. The van der Waals surface area contributed by atoms with Crippen molar-refractivity contribution in [3.8, 4) is 11.4 Å². The van der Waals surface area contributed by atoms with Gasteiger partial charge in [-0.1, -0.05) is 22.0 Å². The number of aryl methyl sites for hydroxylation is 1. The molecule has 0 fully saturated rings. The van der Waals surface area contributed by atoms with Crippen LogP contribution in [-0.2, 0) is 0 Å². The highest BCUT2D eigenvalue weighted by Crippen LogP contribution is 2.27. The minimum absolute atomic E-state index is 0.294. The molecule has 0 saturated carbocycles. The maximum absolute atomic E-state index is 13.4. The zero-order valence-corrected chi connectivity index (χ0v) is 16.5. The number of nitrogens with zero attached hydrogens (tertiary/aromatic N) is 2. The van der Waals surface area contributed by atoms with Gasteiger partial charge in [-0.3, -0.25) is 9.78 Å². The van der Waals surface area contributed by atoms with Crippen molar-refractivity contribution >= 4 is 38.4 Å². The van der Waals surface area contributed by atoms with Crippen molar-refractivity contribution in [2.24, 2.45) is 0 Å². The van der Waals surface area contributed by atoms with Crippen LogP contribution in [0, 0.1) is 12.7 Å². The molecule has 138 valence electrons. The van der Waals surface area contributed by atoms with Crippen molar-refractivity contribution in [2.45, 2.75) is 6.92 Å². The standard InChI is InChI=1S/C22H15BrFN3O/c1-13-10-15(24)6-8-18(13)27-22(28)17-12-21(20-4-2-3-9-25-20)26-19-7-5-14(23)11-16(17)19/h2-12H,1H3,(H,27,28). The second kappa shape index (κ2) is 7.48. The van der Waals surface area contributed by atoms with Gasteiger partial charge < -0.3 is 5.32 Å². The lowest BCUT2D eigenvalue weighted by Crippen LogP contribution is -2.14. The summed E-state index contributed by atoms with van der Waals surface area (Å²) in [5.41, 5.74) is 3.65. The number of halogens is 2. The summed E-state index contributed by atoms with van der Waals surface area (Å²) in [5, 5.41) is 3.59. The van der Waals surface area contributed by atoms with Crippen molar-refractivity contribution < 1.29 is 9.18 Å². The van der Waals surface area contributed by atoms with Gasteiger partial charge in [0.25, 0.3) is 5.91 Å². The van der Waals surface area contributed by atoms with Crippen molar-refractivity contribution in [3.05, 3.63) is 88.3 Å². The summed E-state index contributed by atoms with van der Waals surface area (Å²) in [4.78, 5) is 22.1. The van der Waals surface area contributed by atoms with Gasteiger partial charge in [-0.25, -0.2) is 9.37 Å². The lowest BCUT2D eigenvalue weighted by molar-refractivity contribution is 0.102. The minimum atomic E-state index is -0.341. The van der Waals surface area contributed by atoms with Crippen LogP contribution in [0.5, 0.6) is 0 Å². The Morgan fingerprint density at radius 2 is 1.89 bits per heavy atom. The molecule has 0 aliphatic carbocycles. The first-order chi connectivity index (χ1) is 13.5. The molecule has 4 aromatic rings. The Labute approximate surface area is 169 Å². The third-order valence-electron chi connectivity index (χ3n) is 4.38. The Kier molecular flexibility index (Phi) is 4.88. The van der Waals surface area contributed by atoms with E-state index in [1.807, 2.05) is 36.4 Å². The van der Waals surface area contributed by atoms with Crippen molar-refractivity contribution in [3.63, 3.8) is 0 Å². The molecule has 0 aliphatic heterocycles. The predicted octanol–water partition coefficient (Wildman–Crippen LogP) is 5.76. The van der Waals surface area contributed by atoms with Crippen molar-refractivity contribution in [1.29, 1.82) is 0 Å². The molecule has 6 heteroatoms. The van der Waals surface area contributed by atoms with Crippen LogP contribution in [0.2, 0.25) is 0 Å². The number of benzene rings is 2. The van der Waals surface area contributed by atoms with E-state index in [-0.39, 0.29) is 11.7 Å². The molecule has 4 rings (SSSR count). The molecule has 0 saturated heterocycles. The van der Waals surface area contributed by atoms with Gasteiger partial charge in [-0.15, -0.1) is 0 Å². The van der Waals surface area contributed by atoms with Crippen LogP contribution in [0.1, 0.15) is 15.9 Å². The normalized spacial score (nSPS) is 10.8. The molecule has 2 aromatic carbocycles. The van der Waals surface area contributed by atoms with Crippen molar-refractivity contribution in [1.82, 2.24) is 9.97 Å². The Morgan fingerprint density at radius 1 is 1.04 bits per heavy atom. The van der Waals surface area contributed by atoms with Crippen LogP contribution < -0.4 is 5.32 Å². The van der Waals surface area contributed by atoms with Crippen LogP contribution in [-0.4, -0.2) is 15.9 Å². The Morgan fingerprint density at radius 3 is 2.64 bits per heavy atom. The Bertz CT molecular complexity index is 1200. The molecule has 0 radical (unpaired) electrons. The molecule has 0 spiro atoms. The van der Waals surface area contributed by atoms with E-state index >= 15 is 0 Å². The zero-order valence-electron chi connectivity index (χ0n) is 14.9. The summed E-state index contributed by atoms with van der Waals surface area (Å²) in [6.45, 7) is 1.75. The first-order valence-electron chi connectivity index (χ1n) is 8.60. The first-order valence-corrected chi connectivity index (χ1v) is 9.40. The van der Waals surface area contributed by atoms with Gasteiger partial charge in [-0.2, -0.15) is 0 Å². The second-order valence-electron chi connectivity index (χ2n) is 6.34. The van der Waals surface area contributed by atoms with Crippen LogP contribution >= 0.6 is 15.9 Å². The fourth-order valence-electron chi connectivity index (χ4n) is 2.99. The number of hydrogen-bond acceptors (Lipinski definition) is 3. The molecule has 28 heavy (non-hydrogen) atoms. The zero-order chi connectivity index (χ0) is 19.7. The number of rotatable bonds is 3. The highest BCUT2D eigenvalue weighted by atomic mass is 79.9. The summed E-state index contributed by atoms with van der Waals surface area (Å²) >= 11 is 3.45. The molecule has 1 N–H and O–H groups in total. The van der Waals surface area contributed by atoms with E-state index in [1.165, 1.54) is 12.1 Å². The summed E-state index contributed by atoms with van der Waals surface area (Å²) in [6, 6.07) is 17.1. The van der Waals surface area contributed by atoms with Crippen LogP contribution in [0.3, 0.4) is 0 Å². The highest BCUT2D eigenvalue weighted by Gasteiger charge is 2.16. The molecule has 2 heterocycles. The van der Waals surface area contributed by atoms with E-state index in [4.69, 9.17) is 0 Å². The molecular formula is C22H15BrFN3O. The third-order valence-corrected chi connectivity index (χ3v) is 4.87. The van der Waals surface area contributed by atoms with Crippen LogP contribution in [0.15, 0.2) is 71.3 Å². The molecule has 1 amide bonds. The minimum Gasteiger partial charge on any atom is -0.322 e. The molecule has 4 nitrogen and oxygen atoms in total. The largest absolute Gasteiger partial charge is 0.322 e. The maximum atomic E-state index is 13.4. The number of amides is 1. The van der Waals surface area contributed by atoms with Crippen molar-refractivity contribution in [2.75, 3.05) is 5.32 Å². The molecule has 0 unspecified atom stereocenters. The number of fused-ring (bicyclic) bond motifs is 1. The maximum Gasteiger partial charge on any atom is 0.256 e. The van der Waals surface area contributed by atoms with Gasteiger partial charge in [0.2, 0.25) is 0 Å². The van der Waals surface area contributed by atoms with Gasteiger partial charge in [0.15, 0.2) is 0 Å². The smallest absolute Gasteiger partial charge is 0.256 e. The quantitative estimate of drug-likeness (QED) is 0.445. The molecule has 0 bridgehead atoms. The highest BCUT2D eigenvalue weighted by molar-refractivity contribution is 9.10. The number of hydrogen-bond donors (Lipinski definition) is 1. The average molecular weight is 436 g/mol. The van der Waals surface area contributed by atoms with Gasteiger partial charge >= 0.3 is 0 Å². The molecule has 0 aliphatic rings. The molecular weight excluding hydrogens is 421 g/mol. The average Bonchev–Trinajstić information content (AvgIpc) is 2.70. The van der Waals surface area contributed by atoms with E-state index in [0.29, 0.717) is 39.1 Å². The van der Waals surface area contributed by atoms with E-state index in [9.17, 15) is 9.18 Å². The fourth-order valence-corrected chi connectivity index (χ4v) is 3.35. The summed E-state index contributed by atoms with van der Waals surface area (Å²) in [7, 11) is 0. The number of carbonyl (C=O) groups is 1. The summed E-state index contributed by atoms with van der Waals surface area (Å²) in [5.74, 6) is -0.636. The van der Waals surface area contributed by atoms with Gasteiger partial charge in [0, 0.05) is 21.7 Å². The monoisotopic (exact) mass is 435 g/mol. The van der Waals surface area contributed by atoms with Gasteiger partial charge in [-0.05, 0) is 67.1 Å². The number of nitrogens with one attached hydrogen (secondary N) is 1. The summed E-state index contributed by atoms with van der Waals surface area (Å²) < 4.78 is 14.2. The van der Waals surface area contributed by atoms with E-state index < -0.39 is 0 Å². The Balaban J connectivity index is 1.84. The second-order valence-corrected chi connectivity index (χ2v) is 7.26. The van der Waals surface area contributed by atoms with E-state index in [1.54, 1.807) is 25.3 Å².